The summed E-state index contributed by atoms with van der Waals surface area (Å²) in [7, 11) is 1.65. The van der Waals surface area contributed by atoms with Gasteiger partial charge in [0.1, 0.15) is 5.75 Å². The highest BCUT2D eigenvalue weighted by Crippen LogP contribution is 2.09. The minimum absolute atomic E-state index is 0.840. The minimum atomic E-state index is 0.840. The van der Waals surface area contributed by atoms with E-state index in [4.69, 9.17) is 4.74 Å². The van der Waals surface area contributed by atoms with Gasteiger partial charge >= 0.3 is 0 Å². The Labute approximate surface area is 78.4 Å². The zero-order valence-corrected chi connectivity index (χ0v) is 7.95. The Kier molecular flexibility index (Phi) is 3.82. The van der Waals surface area contributed by atoms with E-state index >= 15 is 0 Å². The van der Waals surface area contributed by atoms with Crippen LogP contribution >= 0.6 is 0 Å². The van der Waals surface area contributed by atoms with E-state index in [9.17, 15) is 0 Å². The average Bonchev–Trinajstić information content (AvgIpc) is 2.19. The first-order chi connectivity index (χ1) is 6.36. The summed E-state index contributed by atoms with van der Waals surface area (Å²) in [5.41, 5.74) is 3.92. The molecule has 0 amide bonds. The number of rotatable bonds is 4. The van der Waals surface area contributed by atoms with E-state index in [1.165, 1.54) is 0 Å². The molecule has 1 N–H and O–H groups in total. The molecule has 3 nitrogen and oxygen atoms in total. The number of hydrazone groups is 1. The van der Waals surface area contributed by atoms with Crippen LogP contribution in [0.2, 0.25) is 0 Å². The molecule has 0 atom stereocenters. The molecular weight excluding hydrogens is 164 g/mol. The number of methoxy groups -OCH3 is 1. The van der Waals surface area contributed by atoms with Crippen molar-refractivity contribution < 1.29 is 4.74 Å². The van der Waals surface area contributed by atoms with Crippen molar-refractivity contribution in [2.45, 2.75) is 6.92 Å². The molecule has 0 aliphatic carbocycles. The van der Waals surface area contributed by atoms with E-state index in [0.717, 1.165) is 17.9 Å². The van der Waals surface area contributed by atoms with Crippen LogP contribution in [-0.2, 0) is 0 Å². The van der Waals surface area contributed by atoms with Crippen LogP contribution in [0.25, 0.3) is 0 Å². The fourth-order valence-electron chi connectivity index (χ4n) is 0.901. The van der Waals surface area contributed by atoms with Crippen molar-refractivity contribution in [1.82, 2.24) is 5.43 Å². The summed E-state index contributed by atoms with van der Waals surface area (Å²) in [5, 5.41) is 4.00. The summed E-state index contributed by atoms with van der Waals surface area (Å²) < 4.78 is 5.03. The van der Waals surface area contributed by atoms with Crippen molar-refractivity contribution in [3.8, 4) is 5.75 Å². The number of benzene rings is 1. The van der Waals surface area contributed by atoms with Gasteiger partial charge in [-0.25, -0.2) is 0 Å². The Bertz CT molecular complexity index is 267. The number of hydrogen-bond acceptors (Lipinski definition) is 3. The zero-order valence-electron chi connectivity index (χ0n) is 7.95. The largest absolute Gasteiger partial charge is 0.497 e. The summed E-state index contributed by atoms with van der Waals surface area (Å²) in [4.78, 5) is 0. The highest BCUT2D eigenvalue weighted by molar-refractivity contribution is 5.79. The Hall–Kier alpha value is -1.51. The van der Waals surface area contributed by atoms with Gasteiger partial charge < -0.3 is 10.2 Å². The molecule has 0 saturated heterocycles. The highest BCUT2D eigenvalue weighted by atomic mass is 16.5. The van der Waals surface area contributed by atoms with E-state index in [0.29, 0.717) is 0 Å². The lowest BCUT2D eigenvalue weighted by Gasteiger charge is -1.98. The fraction of sp³-hybridized carbons (Fsp3) is 0.300. The maximum Gasteiger partial charge on any atom is 0.118 e. The van der Waals surface area contributed by atoms with E-state index in [-0.39, 0.29) is 0 Å². The lowest BCUT2D eigenvalue weighted by atomic mass is 10.2. The summed E-state index contributed by atoms with van der Waals surface area (Å²) in [6, 6.07) is 7.74. The van der Waals surface area contributed by atoms with Crippen molar-refractivity contribution in [3.63, 3.8) is 0 Å². The quantitative estimate of drug-likeness (QED) is 0.561. The Morgan fingerprint density at radius 2 is 2.08 bits per heavy atom. The maximum absolute atomic E-state index is 5.03. The van der Waals surface area contributed by atoms with Crippen LogP contribution < -0.4 is 10.2 Å². The van der Waals surface area contributed by atoms with Gasteiger partial charge in [0.2, 0.25) is 0 Å². The monoisotopic (exact) mass is 178 g/mol. The van der Waals surface area contributed by atoms with Gasteiger partial charge in [0.15, 0.2) is 0 Å². The Morgan fingerprint density at radius 3 is 2.62 bits per heavy atom. The van der Waals surface area contributed by atoms with Gasteiger partial charge in [0.25, 0.3) is 0 Å². The van der Waals surface area contributed by atoms with E-state index < -0.39 is 0 Å². The summed E-state index contributed by atoms with van der Waals surface area (Å²) >= 11 is 0. The molecule has 0 spiro atoms. The lowest BCUT2D eigenvalue weighted by Crippen LogP contribution is -2.02. The topological polar surface area (TPSA) is 33.6 Å². The third-order valence-corrected chi connectivity index (χ3v) is 1.58. The number of hydrogen-bond donors (Lipinski definition) is 1. The minimum Gasteiger partial charge on any atom is -0.497 e. The SMILES string of the molecule is CCN/N=C/c1ccc(OC)cc1. The Morgan fingerprint density at radius 1 is 1.38 bits per heavy atom. The second kappa shape index (κ2) is 5.19. The molecule has 13 heavy (non-hydrogen) atoms. The molecular formula is C10H14N2O. The third-order valence-electron chi connectivity index (χ3n) is 1.58. The van der Waals surface area contributed by atoms with E-state index in [1.807, 2.05) is 31.2 Å². The van der Waals surface area contributed by atoms with Crippen molar-refractivity contribution in [1.29, 1.82) is 0 Å². The van der Waals surface area contributed by atoms with Gasteiger partial charge in [0, 0.05) is 6.54 Å². The van der Waals surface area contributed by atoms with Crippen molar-refractivity contribution in [3.05, 3.63) is 29.8 Å². The van der Waals surface area contributed by atoms with Crippen molar-refractivity contribution >= 4 is 6.21 Å². The van der Waals surface area contributed by atoms with Crippen LogP contribution in [-0.4, -0.2) is 19.9 Å². The predicted octanol–water partition coefficient (Wildman–Crippen LogP) is 1.64. The molecule has 0 fully saturated rings. The van der Waals surface area contributed by atoms with E-state index in [2.05, 4.69) is 10.5 Å². The molecule has 0 radical (unpaired) electrons. The van der Waals surface area contributed by atoms with Crippen molar-refractivity contribution in [2.75, 3.05) is 13.7 Å². The van der Waals surface area contributed by atoms with Gasteiger partial charge in [-0.2, -0.15) is 5.10 Å². The molecule has 1 rings (SSSR count). The van der Waals surface area contributed by atoms with Gasteiger partial charge in [-0.3, -0.25) is 0 Å². The van der Waals surface area contributed by atoms with Crippen LogP contribution in [0.15, 0.2) is 29.4 Å². The predicted molar refractivity (Wildman–Crippen MR) is 54.3 cm³/mol. The molecule has 1 aromatic rings. The average molecular weight is 178 g/mol. The summed E-state index contributed by atoms with van der Waals surface area (Å²) in [5.74, 6) is 0.862. The van der Waals surface area contributed by atoms with Crippen LogP contribution in [0.1, 0.15) is 12.5 Å². The van der Waals surface area contributed by atoms with E-state index in [1.54, 1.807) is 13.3 Å². The standard InChI is InChI=1S/C10H14N2O/c1-3-11-12-8-9-4-6-10(13-2)7-5-9/h4-8,11H,3H2,1-2H3/b12-8+. The molecule has 0 aliphatic heterocycles. The smallest absolute Gasteiger partial charge is 0.118 e. The molecule has 70 valence electrons. The molecule has 0 heterocycles. The molecule has 0 unspecified atom stereocenters. The molecule has 1 aromatic carbocycles. The zero-order chi connectivity index (χ0) is 9.52. The van der Waals surface area contributed by atoms with Crippen molar-refractivity contribution in [2.24, 2.45) is 5.10 Å². The molecule has 0 aromatic heterocycles. The highest BCUT2D eigenvalue weighted by Gasteiger charge is 1.89. The fourth-order valence-corrected chi connectivity index (χ4v) is 0.901. The third kappa shape index (κ3) is 3.15. The summed E-state index contributed by atoms with van der Waals surface area (Å²) in [6.07, 6.45) is 1.78. The second-order valence-electron chi connectivity index (χ2n) is 2.54. The van der Waals surface area contributed by atoms with Crippen LogP contribution in [0.5, 0.6) is 5.75 Å². The van der Waals surface area contributed by atoms with Crippen LogP contribution in [0, 0.1) is 0 Å². The first-order valence-electron chi connectivity index (χ1n) is 4.26. The molecule has 0 saturated carbocycles. The molecule has 0 aliphatic rings. The van der Waals surface area contributed by atoms with Gasteiger partial charge in [0.05, 0.1) is 13.3 Å². The maximum atomic E-state index is 5.03. The summed E-state index contributed by atoms with van der Waals surface area (Å²) in [6.45, 7) is 2.85. The molecule has 0 bridgehead atoms. The van der Waals surface area contributed by atoms with Crippen LogP contribution in [0.4, 0.5) is 0 Å². The number of nitrogens with zero attached hydrogens (tertiary/aromatic N) is 1. The van der Waals surface area contributed by atoms with Gasteiger partial charge in [-0.15, -0.1) is 0 Å². The first-order valence-corrected chi connectivity index (χ1v) is 4.26. The molecule has 3 heteroatoms. The number of ether oxygens (including phenoxy) is 1. The van der Waals surface area contributed by atoms with Crippen LogP contribution in [0.3, 0.4) is 0 Å². The van der Waals surface area contributed by atoms with Gasteiger partial charge in [-0.05, 0) is 36.8 Å². The first kappa shape index (κ1) is 9.58. The second-order valence-corrected chi connectivity index (χ2v) is 2.54. The normalized spacial score (nSPS) is 10.3. The lowest BCUT2D eigenvalue weighted by molar-refractivity contribution is 0.415. The number of nitrogens with one attached hydrogen (secondary N) is 1. The van der Waals surface area contributed by atoms with Gasteiger partial charge in [-0.1, -0.05) is 0 Å². The Balaban J connectivity index is 2.58.